The normalized spacial score (nSPS) is 13.8. The van der Waals surface area contributed by atoms with E-state index < -0.39 is 0 Å². The fraction of sp³-hybridized carbons (Fsp3) is 0.440. The molecule has 1 saturated carbocycles. The number of benzene rings is 2. The number of nitrogens with one attached hydrogen (secondary N) is 1. The minimum Gasteiger partial charge on any atom is -0.490 e. The number of carbonyl (C=O) groups excluding carboxylic acids is 2. The molecule has 0 aromatic heterocycles. The lowest BCUT2D eigenvalue weighted by Gasteiger charge is -2.19. The van der Waals surface area contributed by atoms with E-state index in [0.717, 1.165) is 35.4 Å². The quantitative estimate of drug-likeness (QED) is 0.639. The molecule has 0 aliphatic heterocycles. The van der Waals surface area contributed by atoms with E-state index in [1.54, 1.807) is 11.8 Å². The molecule has 160 valence electrons. The van der Waals surface area contributed by atoms with Crippen LogP contribution < -0.4 is 10.1 Å². The SMILES string of the molecule is CCN(Cc1cccc(NC(=O)CCc2cccc(OC3CCCC3)c2)c1)C(C)=O. The second kappa shape index (κ2) is 10.8. The number of carbonyl (C=O) groups is 2. The molecule has 2 aromatic carbocycles. The first-order chi connectivity index (χ1) is 14.5. The van der Waals surface area contributed by atoms with Crippen LogP contribution in [0.3, 0.4) is 0 Å². The van der Waals surface area contributed by atoms with Crippen molar-refractivity contribution in [2.45, 2.75) is 65.0 Å². The summed E-state index contributed by atoms with van der Waals surface area (Å²) in [6, 6.07) is 15.8. The Balaban J connectivity index is 1.51. The molecule has 1 aliphatic carbocycles. The van der Waals surface area contributed by atoms with Crippen molar-refractivity contribution >= 4 is 17.5 Å². The van der Waals surface area contributed by atoms with Crippen LogP contribution in [0, 0.1) is 0 Å². The highest BCUT2D eigenvalue weighted by Crippen LogP contribution is 2.25. The Morgan fingerprint density at radius 2 is 1.80 bits per heavy atom. The van der Waals surface area contributed by atoms with Crippen LogP contribution >= 0.6 is 0 Å². The minimum atomic E-state index is -0.0202. The number of hydrogen-bond donors (Lipinski definition) is 1. The second-order valence-corrected chi connectivity index (χ2v) is 7.95. The molecule has 0 spiro atoms. The number of aryl methyl sites for hydroxylation is 1. The summed E-state index contributed by atoms with van der Waals surface area (Å²) >= 11 is 0. The summed E-state index contributed by atoms with van der Waals surface area (Å²) in [7, 11) is 0. The predicted molar refractivity (Wildman–Crippen MR) is 119 cm³/mol. The van der Waals surface area contributed by atoms with Gasteiger partial charge in [-0.15, -0.1) is 0 Å². The molecule has 3 rings (SSSR count). The van der Waals surface area contributed by atoms with Gasteiger partial charge in [-0.1, -0.05) is 24.3 Å². The summed E-state index contributed by atoms with van der Waals surface area (Å²) in [4.78, 5) is 25.8. The van der Waals surface area contributed by atoms with Gasteiger partial charge in [0.05, 0.1) is 6.10 Å². The van der Waals surface area contributed by atoms with Crippen LogP contribution in [0.2, 0.25) is 0 Å². The predicted octanol–water partition coefficient (Wildman–Crippen LogP) is 4.95. The molecule has 0 bridgehead atoms. The van der Waals surface area contributed by atoms with E-state index in [0.29, 0.717) is 32.0 Å². The summed E-state index contributed by atoms with van der Waals surface area (Å²) < 4.78 is 6.06. The van der Waals surface area contributed by atoms with Crippen LogP contribution in [0.15, 0.2) is 48.5 Å². The van der Waals surface area contributed by atoms with Gasteiger partial charge in [0.2, 0.25) is 11.8 Å². The number of ether oxygens (including phenoxy) is 1. The number of rotatable bonds is 9. The van der Waals surface area contributed by atoms with Crippen LogP contribution in [0.25, 0.3) is 0 Å². The molecule has 5 heteroatoms. The summed E-state index contributed by atoms with van der Waals surface area (Å²) in [5, 5.41) is 2.97. The number of anilines is 1. The van der Waals surface area contributed by atoms with E-state index >= 15 is 0 Å². The van der Waals surface area contributed by atoms with E-state index in [1.165, 1.54) is 12.8 Å². The molecule has 0 radical (unpaired) electrons. The molecule has 30 heavy (non-hydrogen) atoms. The van der Waals surface area contributed by atoms with Crippen molar-refractivity contribution in [3.05, 3.63) is 59.7 Å². The van der Waals surface area contributed by atoms with Gasteiger partial charge in [-0.3, -0.25) is 9.59 Å². The highest BCUT2D eigenvalue weighted by Gasteiger charge is 2.16. The molecule has 1 N–H and O–H groups in total. The van der Waals surface area contributed by atoms with Crippen molar-refractivity contribution < 1.29 is 14.3 Å². The van der Waals surface area contributed by atoms with Gasteiger partial charge < -0.3 is 15.0 Å². The van der Waals surface area contributed by atoms with Crippen molar-refractivity contribution in [2.24, 2.45) is 0 Å². The van der Waals surface area contributed by atoms with Crippen molar-refractivity contribution in [3.63, 3.8) is 0 Å². The third-order valence-corrected chi connectivity index (χ3v) is 5.56. The van der Waals surface area contributed by atoms with E-state index in [-0.39, 0.29) is 11.8 Å². The fourth-order valence-corrected chi connectivity index (χ4v) is 3.87. The Morgan fingerprint density at radius 1 is 1.07 bits per heavy atom. The number of hydrogen-bond acceptors (Lipinski definition) is 3. The highest BCUT2D eigenvalue weighted by atomic mass is 16.5. The van der Waals surface area contributed by atoms with Gasteiger partial charge in [0.15, 0.2) is 0 Å². The van der Waals surface area contributed by atoms with E-state index in [2.05, 4.69) is 5.32 Å². The Labute approximate surface area is 179 Å². The Hall–Kier alpha value is -2.82. The van der Waals surface area contributed by atoms with Crippen LogP contribution in [0.5, 0.6) is 5.75 Å². The number of amides is 2. The van der Waals surface area contributed by atoms with Crippen molar-refractivity contribution in [3.8, 4) is 5.75 Å². The summed E-state index contributed by atoms with van der Waals surface area (Å²) in [6.45, 7) is 4.74. The smallest absolute Gasteiger partial charge is 0.224 e. The standard InChI is InChI=1S/C25H32N2O3/c1-3-27(19(2)28)18-21-9-6-10-22(16-21)26-25(29)15-14-20-8-7-13-24(17-20)30-23-11-4-5-12-23/h6-10,13,16-17,23H,3-5,11-12,14-15,18H2,1-2H3,(H,26,29). The lowest BCUT2D eigenvalue weighted by atomic mass is 10.1. The van der Waals surface area contributed by atoms with Crippen LogP contribution in [0.1, 0.15) is 57.1 Å². The summed E-state index contributed by atoms with van der Waals surface area (Å²) in [5.41, 5.74) is 2.87. The van der Waals surface area contributed by atoms with Crippen molar-refractivity contribution in [2.75, 3.05) is 11.9 Å². The van der Waals surface area contributed by atoms with Gasteiger partial charge >= 0.3 is 0 Å². The lowest BCUT2D eigenvalue weighted by molar-refractivity contribution is -0.129. The topological polar surface area (TPSA) is 58.6 Å². The van der Waals surface area contributed by atoms with Gasteiger partial charge in [-0.25, -0.2) is 0 Å². The van der Waals surface area contributed by atoms with E-state index in [4.69, 9.17) is 4.74 Å². The van der Waals surface area contributed by atoms with Gasteiger partial charge in [0.25, 0.3) is 0 Å². The number of nitrogens with zero attached hydrogens (tertiary/aromatic N) is 1. The largest absolute Gasteiger partial charge is 0.490 e. The first-order valence-corrected chi connectivity index (χ1v) is 10.9. The summed E-state index contributed by atoms with van der Waals surface area (Å²) in [6.07, 6.45) is 6.17. The average Bonchev–Trinajstić information content (AvgIpc) is 3.24. The monoisotopic (exact) mass is 408 g/mol. The molecular formula is C25H32N2O3. The zero-order chi connectivity index (χ0) is 21.3. The third-order valence-electron chi connectivity index (χ3n) is 5.56. The van der Waals surface area contributed by atoms with Crippen LogP contribution in [-0.4, -0.2) is 29.4 Å². The third kappa shape index (κ3) is 6.61. The molecule has 1 fully saturated rings. The maximum atomic E-state index is 12.4. The fourth-order valence-electron chi connectivity index (χ4n) is 3.87. The molecule has 2 aromatic rings. The molecule has 0 heterocycles. The van der Waals surface area contributed by atoms with Crippen LogP contribution in [-0.2, 0) is 22.6 Å². The van der Waals surface area contributed by atoms with Gasteiger partial charge in [0.1, 0.15) is 5.75 Å². The Morgan fingerprint density at radius 3 is 2.53 bits per heavy atom. The van der Waals surface area contributed by atoms with E-state index in [1.807, 2.05) is 55.5 Å². The second-order valence-electron chi connectivity index (χ2n) is 7.95. The maximum Gasteiger partial charge on any atom is 0.224 e. The Bertz CT molecular complexity index is 859. The van der Waals surface area contributed by atoms with Crippen molar-refractivity contribution in [1.82, 2.24) is 4.90 Å². The van der Waals surface area contributed by atoms with Gasteiger partial charge in [0, 0.05) is 32.1 Å². The molecule has 0 saturated heterocycles. The molecule has 0 unspecified atom stereocenters. The Kier molecular flexibility index (Phi) is 7.89. The zero-order valence-electron chi connectivity index (χ0n) is 18.0. The maximum absolute atomic E-state index is 12.4. The van der Waals surface area contributed by atoms with E-state index in [9.17, 15) is 9.59 Å². The molecule has 0 atom stereocenters. The molecular weight excluding hydrogens is 376 g/mol. The first kappa shape index (κ1) is 21.9. The first-order valence-electron chi connectivity index (χ1n) is 10.9. The zero-order valence-corrected chi connectivity index (χ0v) is 18.0. The molecule has 5 nitrogen and oxygen atoms in total. The molecule has 1 aliphatic rings. The van der Waals surface area contributed by atoms with Crippen molar-refractivity contribution in [1.29, 1.82) is 0 Å². The molecule has 2 amide bonds. The average molecular weight is 409 g/mol. The minimum absolute atomic E-state index is 0.0202. The summed E-state index contributed by atoms with van der Waals surface area (Å²) in [5.74, 6) is 0.928. The highest BCUT2D eigenvalue weighted by molar-refractivity contribution is 5.90. The van der Waals surface area contributed by atoms with Crippen LogP contribution in [0.4, 0.5) is 5.69 Å². The van der Waals surface area contributed by atoms with Gasteiger partial charge in [-0.05, 0) is 74.4 Å². The van der Waals surface area contributed by atoms with Gasteiger partial charge in [-0.2, -0.15) is 0 Å². The lowest BCUT2D eigenvalue weighted by Crippen LogP contribution is -2.27.